The summed E-state index contributed by atoms with van der Waals surface area (Å²) in [4.78, 5) is 12.1. The van der Waals surface area contributed by atoms with Gasteiger partial charge in [0, 0.05) is 6.54 Å². The van der Waals surface area contributed by atoms with E-state index in [-0.39, 0.29) is 18.2 Å². The number of benzene rings is 2. The van der Waals surface area contributed by atoms with Gasteiger partial charge < -0.3 is 15.2 Å². The standard InChI is InChI=1S/C19H22FNO3/c1-12(2)24-15-6-4-5-14(10-15)18(22)11-21-19(23)16-9-13(3)7-8-17(16)20/h4-10,12,18,22H,11H2,1-3H3,(H,21,23). The van der Waals surface area contributed by atoms with Crippen LogP contribution in [-0.4, -0.2) is 23.7 Å². The number of hydrogen-bond acceptors (Lipinski definition) is 3. The first-order chi connectivity index (χ1) is 11.4. The molecule has 0 spiro atoms. The SMILES string of the molecule is Cc1ccc(F)c(C(=O)NCC(O)c2cccc(OC(C)C)c2)c1. The molecule has 0 radical (unpaired) electrons. The molecule has 0 bridgehead atoms. The fourth-order valence-electron chi connectivity index (χ4n) is 2.28. The third-order valence-corrected chi connectivity index (χ3v) is 3.44. The summed E-state index contributed by atoms with van der Waals surface area (Å²) in [7, 11) is 0. The number of carbonyl (C=O) groups is 1. The molecular formula is C19H22FNO3. The van der Waals surface area contributed by atoms with Crippen molar-refractivity contribution in [3.05, 3.63) is 65.0 Å². The zero-order chi connectivity index (χ0) is 17.7. The maximum Gasteiger partial charge on any atom is 0.254 e. The van der Waals surface area contributed by atoms with Gasteiger partial charge >= 0.3 is 0 Å². The quantitative estimate of drug-likeness (QED) is 0.853. The van der Waals surface area contributed by atoms with E-state index in [0.717, 1.165) is 5.56 Å². The maximum atomic E-state index is 13.7. The molecule has 0 aromatic heterocycles. The number of nitrogens with one attached hydrogen (secondary N) is 1. The number of hydrogen-bond donors (Lipinski definition) is 2. The molecule has 0 saturated heterocycles. The van der Waals surface area contributed by atoms with Crippen LogP contribution in [0.1, 0.15) is 41.4 Å². The number of halogens is 1. The van der Waals surface area contributed by atoms with Crippen molar-refractivity contribution < 1.29 is 19.0 Å². The second kappa shape index (κ2) is 7.93. The Hall–Kier alpha value is -2.40. The molecule has 0 aliphatic rings. The van der Waals surface area contributed by atoms with Crippen molar-refractivity contribution in [2.75, 3.05) is 6.54 Å². The number of rotatable bonds is 6. The van der Waals surface area contributed by atoms with Gasteiger partial charge in [0.1, 0.15) is 11.6 Å². The number of aliphatic hydroxyl groups is 1. The Morgan fingerprint density at radius 2 is 2.00 bits per heavy atom. The molecule has 4 nitrogen and oxygen atoms in total. The number of carbonyl (C=O) groups excluding carboxylic acids is 1. The average Bonchev–Trinajstić information content (AvgIpc) is 2.54. The van der Waals surface area contributed by atoms with Gasteiger partial charge in [0.2, 0.25) is 0 Å². The molecule has 0 fully saturated rings. The van der Waals surface area contributed by atoms with Crippen LogP contribution in [0.25, 0.3) is 0 Å². The molecule has 1 atom stereocenters. The average molecular weight is 331 g/mol. The first-order valence-electron chi connectivity index (χ1n) is 7.86. The van der Waals surface area contributed by atoms with Gasteiger partial charge in [0.05, 0.1) is 17.8 Å². The summed E-state index contributed by atoms with van der Waals surface area (Å²) in [5.74, 6) is -0.484. The van der Waals surface area contributed by atoms with E-state index in [1.165, 1.54) is 12.1 Å². The van der Waals surface area contributed by atoms with Crippen LogP contribution in [0, 0.1) is 12.7 Å². The molecule has 0 aliphatic heterocycles. The Morgan fingerprint density at radius 3 is 2.71 bits per heavy atom. The Bertz CT molecular complexity index is 716. The van der Waals surface area contributed by atoms with Gasteiger partial charge in [-0.25, -0.2) is 4.39 Å². The van der Waals surface area contributed by atoms with Gasteiger partial charge in [0.25, 0.3) is 5.91 Å². The molecule has 128 valence electrons. The molecule has 0 heterocycles. The van der Waals surface area contributed by atoms with Crippen LogP contribution in [0.5, 0.6) is 5.75 Å². The molecule has 0 saturated carbocycles. The monoisotopic (exact) mass is 331 g/mol. The minimum absolute atomic E-state index is 0.0165. The first kappa shape index (κ1) is 17.9. The molecule has 2 aromatic rings. The van der Waals surface area contributed by atoms with Crippen LogP contribution in [0.15, 0.2) is 42.5 Å². The summed E-state index contributed by atoms with van der Waals surface area (Å²) >= 11 is 0. The predicted octanol–water partition coefficient (Wildman–Crippen LogP) is 3.38. The zero-order valence-electron chi connectivity index (χ0n) is 14.0. The molecule has 1 amide bonds. The van der Waals surface area contributed by atoms with Crippen LogP contribution < -0.4 is 10.1 Å². The third-order valence-electron chi connectivity index (χ3n) is 3.44. The summed E-state index contributed by atoms with van der Waals surface area (Å²) < 4.78 is 19.3. The van der Waals surface area contributed by atoms with Crippen molar-refractivity contribution in [1.29, 1.82) is 0 Å². The van der Waals surface area contributed by atoms with E-state index in [1.807, 2.05) is 13.8 Å². The lowest BCUT2D eigenvalue weighted by Gasteiger charge is -2.15. The molecule has 2 rings (SSSR count). The minimum atomic E-state index is -0.905. The van der Waals surface area contributed by atoms with Crippen molar-refractivity contribution in [2.24, 2.45) is 0 Å². The van der Waals surface area contributed by atoms with Crippen molar-refractivity contribution in [3.63, 3.8) is 0 Å². The fourth-order valence-corrected chi connectivity index (χ4v) is 2.28. The van der Waals surface area contributed by atoms with E-state index in [1.54, 1.807) is 37.3 Å². The van der Waals surface area contributed by atoms with E-state index in [0.29, 0.717) is 11.3 Å². The molecule has 0 aliphatic carbocycles. The number of ether oxygens (including phenoxy) is 1. The number of aliphatic hydroxyl groups excluding tert-OH is 1. The second-order valence-corrected chi connectivity index (χ2v) is 5.95. The first-order valence-corrected chi connectivity index (χ1v) is 7.86. The van der Waals surface area contributed by atoms with E-state index in [2.05, 4.69) is 5.32 Å². The van der Waals surface area contributed by atoms with Crippen molar-refractivity contribution in [3.8, 4) is 5.75 Å². The van der Waals surface area contributed by atoms with Crippen LogP contribution in [0.3, 0.4) is 0 Å². The fraction of sp³-hybridized carbons (Fsp3) is 0.316. The highest BCUT2D eigenvalue weighted by Gasteiger charge is 2.15. The predicted molar refractivity (Wildman–Crippen MR) is 90.6 cm³/mol. The largest absolute Gasteiger partial charge is 0.491 e. The lowest BCUT2D eigenvalue weighted by atomic mass is 10.1. The van der Waals surface area contributed by atoms with Crippen LogP contribution >= 0.6 is 0 Å². The molecule has 5 heteroatoms. The molecule has 24 heavy (non-hydrogen) atoms. The molecular weight excluding hydrogens is 309 g/mol. The highest BCUT2D eigenvalue weighted by Crippen LogP contribution is 2.20. The van der Waals surface area contributed by atoms with E-state index < -0.39 is 17.8 Å². The summed E-state index contributed by atoms with van der Waals surface area (Å²) in [6, 6.07) is 11.4. The van der Waals surface area contributed by atoms with Gasteiger partial charge in [-0.2, -0.15) is 0 Å². The van der Waals surface area contributed by atoms with Gasteiger partial charge in [-0.1, -0.05) is 23.8 Å². The normalized spacial score (nSPS) is 12.1. The Morgan fingerprint density at radius 1 is 1.25 bits per heavy atom. The smallest absolute Gasteiger partial charge is 0.254 e. The van der Waals surface area contributed by atoms with Crippen molar-refractivity contribution in [2.45, 2.75) is 33.0 Å². The topological polar surface area (TPSA) is 58.6 Å². The van der Waals surface area contributed by atoms with E-state index in [9.17, 15) is 14.3 Å². The lowest BCUT2D eigenvalue weighted by Crippen LogP contribution is -2.29. The summed E-state index contributed by atoms with van der Waals surface area (Å²) in [5, 5.41) is 12.8. The molecule has 2 N–H and O–H groups in total. The second-order valence-electron chi connectivity index (χ2n) is 5.95. The maximum absolute atomic E-state index is 13.7. The van der Waals surface area contributed by atoms with Gasteiger partial charge in [-0.3, -0.25) is 4.79 Å². The van der Waals surface area contributed by atoms with Crippen LogP contribution in [0.2, 0.25) is 0 Å². The molecule has 2 aromatic carbocycles. The number of aryl methyl sites for hydroxylation is 1. The highest BCUT2D eigenvalue weighted by atomic mass is 19.1. The minimum Gasteiger partial charge on any atom is -0.491 e. The summed E-state index contributed by atoms with van der Waals surface area (Å²) in [6.45, 7) is 5.60. The zero-order valence-corrected chi connectivity index (χ0v) is 14.0. The summed E-state index contributed by atoms with van der Waals surface area (Å²) in [5.41, 5.74) is 1.39. The Kier molecular flexibility index (Phi) is 5.93. The van der Waals surface area contributed by atoms with E-state index >= 15 is 0 Å². The Labute approximate surface area is 141 Å². The third kappa shape index (κ3) is 4.80. The Balaban J connectivity index is 2.01. The summed E-state index contributed by atoms with van der Waals surface area (Å²) in [6.07, 6.45) is -0.876. The van der Waals surface area contributed by atoms with Crippen LogP contribution in [-0.2, 0) is 0 Å². The van der Waals surface area contributed by atoms with Crippen LogP contribution in [0.4, 0.5) is 4.39 Å². The van der Waals surface area contributed by atoms with Gasteiger partial charge in [-0.05, 0) is 50.6 Å². The lowest BCUT2D eigenvalue weighted by molar-refractivity contribution is 0.0912. The molecule has 1 unspecified atom stereocenters. The van der Waals surface area contributed by atoms with Gasteiger partial charge in [0.15, 0.2) is 0 Å². The highest BCUT2D eigenvalue weighted by molar-refractivity contribution is 5.94. The van der Waals surface area contributed by atoms with Crippen molar-refractivity contribution in [1.82, 2.24) is 5.32 Å². The number of amides is 1. The van der Waals surface area contributed by atoms with E-state index in [4.69, 9.17) is 4.74 Å². The van der Waals surface area contributed by atoms with Gasteiger partial charge in [-0.15, -0.1) is 0 Å². The van der Waals surface area contributed by atoms with Crippen molar-refractivity contribution >= 4 is 5.91 Å².